The predicted octanol–water partition coefficient (Wildman–Crippen LogP) is 3.76. The Morgan fingerprint density at radius 1 is 0.926 bits per heavy atom. The molecule has 0 radical (unpaired) electrons. The first kappa shape index (κ1) is 15.9. The molecule has 0 amide bonds. The van der Waals surface area contributed by atoms with Gasteiger partial charge >= 0.3 is 0 Å². The summed E-state index contributed by atoms with van der Waals surface area (Å²) in [5.41, 5.74) is 4.01. The Hall–Kier alpha value is -3.31. The SMILES string of the molecule is O[C@H]1Cc2ccccc2[C@H]1Nc1nc(-c2cccnc2)nc2ccccc12. The lowest BCUT2D eigenvalue weighted by Gasteiger charge is -2.20. The summed E-state index contributed by atoms with van der Waals surface area (Å²) in [4.78, 5) is 13.6. The minimum absolute atomic E-state index is 0.193. The molecule has 5 rings (SSSR count). The zero-order chi connectivity index (χ0) is 18.2. The average molecular weight is 354 g/mol. The van der Waals surface area contributed by atoms with Crippen molar-refractivity contribution in [2.75, 3.05) is 5.32 Å². The first-order valence-electron chi connectivity index (χ1n) is 8.99. The number of para-hydroxylation sites is 1. The van der Waals surface area contributed by atoms with Crippen molar-refractivity contribution < 1.29 is 5.11 Å². The fourth-order valence-electron chi connectivity index (χ4n) is 3.71. The topological polar surface area (TPSA) is 70.9 Å². The van der Waals surface area contributed by atoms with Gasteiger partial charge < -0.3 is 10.4 Å². The van der Waals surface area contributed by atoms with Gasteiger partial charge in [0, 0.05) is 29.8 Å². The molecule has 0 spiro atoms. The van der Waals surface area contributed by atoms with Gasteiger partial charge in [0.2, 0.25) is 0 Å². The molecule has 0 saturated heterocycles. The summed E-state index contributed by atoms with van der Waals surface area (Å²) >= 11 is 0. The van der Waals surface area contributed by atoms with Crippen molar-refractivity contribution >= 4 is 16.7 Å². The lowest BCUT2D eigenvalue weighted by molar-refractivity contribution is 0.165. The van der Waals surface area contributed by atoms with Crippen LogP contribution in [0.3, 0.4) is 0 Å². The molecular weight excluding hydrogens is 336 g/mol. The Bertz CT molecular complexity index is 1110. The van der Waals surface area contributed by atoms with E-state index in [0.29, 0.717) is 12.2 Å². The molecule has 2 heterocycles. The molecule has 2 atom stereocenters. The third kappa shape index (κ3) is 2.82. The summed E-state index contributed by atoms with van der Waals surface area (Å²) in [6.45, 7) is 0. The number of pyridine rings is 1. The quantitative estimate of drug-likeness (QED) is 0.586. The van der Waals surface area contributed by atoms with Crippen molar-refractivity contribution in [2.24, 2.45) is 0 Å². The maximum atomic E-state index is 10.6. The first-order valence-corrected chi connectivity index (χ1v) is 8.99. The van der Waals surface area contributed by atoms with Crippen molar-refractivity contribution in [1.29, 1.82) is 0 Å². The maximum Gasteiger partial charge on any atom is 0.163 e. The van der Waals surface area contributed by atoms with Crippen LogP contribution in [0.2, 0.25) is 0 Å². The van der Waals surface area contributed by atoms with Crippen molar-refractivity contribution in [1.82, 2.24) is 15.0 Å². The number of benzene rings is 2. The Kier molecular flexibility index (Phi) is 3.80. The standard InChI is InChI=1S/C22H18N4O/c27-19-12-14-6-1-2-8-16(14)20(19)25-22-17-9-3-4-10-18(17)24-21(26-22)15-7-5-11-23-13-15/h1-11,13,19-20,27H,12H2,(H,24,25,26)/t19-,20+/m0/s1. The molecular formula is C22H18N4O. The molecule has 5 heteroatoms. The number of nitrogens with zero attached hydrogens (tertiary/aromatic N) is 3. The highest BCUT2D eigenvalue weighted by Gasteiger charge is 2.31. The Morgan fingerprint density at radius 3 is 2.67 bits per heavy atom. The van der Waals surface area contributed by atoms with E-state index in [1.54, 1.807) is 12.4 Å². The van der Waals surface area contributed by atoms with Crippen LogP contribution in [-0.2, 0) is 6.42 Å². The summed E-state index contributed by atoms with van der Waals surface area (Å²) in [7, 11) is 0. The molecule has 2 aromatic carbocycles. The van der Waals surface area contributed by atoms with E-state index in [9.17, 15) is 5.11 Å². The van der Waals surface area contributed by atoms with E-state index in [2.05, 4.69) is 22.4 Å². The van der Waals surface area contributed by atoms with Crippen LogP contribution >= 0.6 is 0 Å². The predicted molar refractivity (Wildman–Crippen MR) is 105 cm³/mol. The van der Waals surface area contributed by atoms with Gasteiger partial charge in [0.15, 0.2) is 5.82 Å². The van der Waals surface area contributed by atoms with Gasteiger partial charge in [-0.15, -0.1) is 0 Å². The van der Waals surface area contributed by atoms with Crippen LogP contribution in [0.5, 0.6) is 0 Å². The monoisotopic (exact) mass is 354 g/mol. The number of rotatable bonds is 3. The second kappa shape index (κ2) is 6.45. The molecule has 0 unspecified atom stereocenters. The molecule has 27 heavy (non-hydrogen) atoms. The minimum Gasteiger partial charge on any atom is -0.390 e. The average Bonchev–Trinajstić information content (AvgIpc) is 3.04. The molecule has 132 valence electrons. The van der Waals surface area contributed by atoms with Crippen molar-refractivity contribution in [2.45, 2.75) is 18.6 Å². The number of hydrogen-bond donors (Lipinski definition) is 2. The summed E-state index contributed by atoms with van der Waals surface area (Å²) < 4.78 is 0. The van der Waals surface area contributed by atoms with Gasteiger partial charge in [0.1, 0.15) is 5.82 Å². The number of aliphatic hydroxyl groups excluding tert-OH is 1. The van der Waals surface area contributed by atoms with Crippen LogP contribution in [0, 0.1) is 0 Å². The molecule has 2 N–H and O–H groups in total. The molecule has 0 saturated carbocycles. The summed E-state index contributed by atoms with van der Waals surface area (Å²) in [6, 6.07) is 19.7. The van der Waals surface area contributed by atoms with Gasteiger partial charge in [-0.2, -0.15) is 0 Å². The van der Waals surface area contributed by atoms with E-state index in [4.69, 9.17) is 9.97 Å². The van der Waals surface area contributed by atoms with Crippen molar-refractivity contribution in [3.63, 3.8) is 0 Å². The fourth-order valence-corrected chi connectivity index (χ4v) is 3.71. The molecule has 4 aromatic rings. The first-order chi connectivity index (χ1) is 13.3. The zero-order valence-corrected chi connectivity index (χ0v) is 14.6. The van der Waals surface area contributed by atoms with Crippen molar-refractivity contribution in [3.05, 3.63) is 84.2 Å². The van der Waals surface area contributed by atoms with Gasteiger partial charge in [0.25, 0.3) is 0 Å². The van der Waals surface area contributed by atoms with Gasteiger partial charge in [-0.05, 0) is 35.4 Å². The molecule has 1 aliphatic rings. The second-order valence-corrected chi connectivity index (χ2v) is 6.75. The number of anilines is 1. The van der Waals surface area contributed by atoms with Gasteiger partial charge in [0.05, 0.1) is 17.7 Å². The highest BCUT2D eigenvalue weighted by atomic mass is 16.3. The molecule has 1 aliphatic carbocycles. The normalized spacial score (nSPS) is 18.4. The summed E-state index contributed by atoms with van der Waals surface area (Å²) in [5, 5.41) is 15.0. The largest absolute Gasteiger partial charge is 0.390 e. The van der Waals surface area contributed by atoms with E-state index in [-0.39, 0.29) is 6.04 Å². The van der Waals surface area contributed by atoms with E-state index in [1.165, 1.54) is 5.56 Å². The Labute approximate surface area is 156 Å². The number of hydrogen-bond acceptors (Lipinski definition) is 5. The van der Waals surface area contributed by atoms with Gasteiger partial charge in [-0.1, -0.05) is 36.4 Å². The van der Waals surface area contributed by atoms with E-state index < -0.39 is 6.10 Å². The summed E-state index contributed by atoms with van der Waals surface area (Å²) in [5.74, 6) is 1.34. The van der Waals surface area contributed by atoms with Crippen LogP contribution in [0.4, 0.5) is 5.82 Å². The van der Waals surface area contributed by atoms with E-state index in [0.717, 1.165) is 27.8 Å². The van der Waals surface area contributed by atoms with Crippen LogP contribution in [0.15, 0.2) is 73.1 Å². The van der Waals surface area contributed by atoms with Gasteiger partial charge in [-0.3, -0.25) is 4.98 Å². The Morgan fingerprint density at radius 2 is 1.78 bits per heavy atom. The number of aromatic nitrogens is 3. The van der Waals surface area contributed by atoms with Crippen LogP contribution in [0.1, 0.15) is 17.2 Å². The smallest absolute Gasteiger partial charge is 0.163 e. The second-order valence-electron chi connectivity index (χ2n) is 6.75. The fraction of sp³-hybridized carbons (Fsp3) is 0.136. The van der Waals surface area contributed by atoms with Gasteiger partial charge in [-0.25, -0.2) is 9.97 Å². The third-order valence-corrected chi connectivity index (χ3v) is 5.02. The minimum atomic E-state index is -0.488. The molecule has 5 nitrogen and oxygen atoms in total. The maximum absolute atomic E-state index is 10.6. The molecule has 0 bridgehead atoms. The zero-order valence-electron chi connectivity index (χ0n) is 14.6. The van der Waals surface area contributed by atoms with E-state index >= 15 is 0 Å². The third-order valence-electron chi connectivity index (χ3n) is 5.02. The molecule has 2 aromatic heterocycles. The number of aliphatic hydroxyl groups is 1. The lowest BCUT2D eigenvalue weighted by Crippen LogP contribution is -2.22. The molecule has 0 aliphatic heterocycles. The van der Waals surface area contributed by atoms with E-state index in [1.807, 2.05) is 48.5 Å². The van der Waals surface area contributed by atoms with Crippen LogP contribution in [0.25, 0.3) is 22.3 Å². The van der Waals surface area contributed by atoms with Crippen LogP contribution < -0.4 is 5.32 Å². The summed E-state index contributed by atoms with van der Waals surface area (Å²) in [6.07, 6.45) is 3.65. The highest BCUT2D eigenvalue weighted by Crippen LogP contribution is 2.35. The van der Waals surface area contributed by atoms with Crippen LogP contribution in [-0.4, -0.2) is 26.2 Å². The Balaban J connectivity index is 1.62. The lowest BCUT2D eigenvalue weighted by atomic mass is 10.1. The number of nitrogens with one attached hydrogen (secondary N) is 1. The van der Waals surface area contributed by atoms with Crippen molar-refractivity contribution in [3.8, 4) is 11.4 Å². The highest BCUT2D eigenvalue weighted by molar-refractivity contribution is 5.90. The number of fused-ring (bicyclic) bond motifs is 2. The molecule has 0 fully saturated rings.